The van der Waals surface area contributed by atoms with Crippen LogP contribution >= 0.6 is 11.8 Å². The minimum absolute atomic E-state index is 0.0300. The van der Waals surface area contributed by atoms with Crippen LogP contribution in [0.25, 0.3) is 0 Å². The Bertz CT molecular complexity index is 677. The first-order valence-corrected chi connectivity index (χ1v) is 6.85. The third-order valence-electron chi connectivity index (χ3n) is 2.56. The van der Waals surface area contributed by atoms with Crippen molar-refractivity contribution in [3.05, 3.63) is 35.9 Å². The van der Waals surface area contributed by atoms with Crippen molar-refractivity contribution in [3.8, 4) is 0 Å². The molecule has 1 unspecified atom stereocenters. The molecule has 0 saturated heterocycles. The van der Waals surface area contributed by atoms with Gasteiger partial charge in [-0.25, -0.2) is 4.68 Å². The number of aryl methyl sites for hydroxylation is 1. The number of rotatable bonds is 5. The van der Waals surface area contributed by atoms with Crippen molar-refractivity contribution in [2.24, 2.45) is 0 Å². The molecule has 3 rings (SSSR count). The molecule has 0 amide bonds. The van der Waals surface area contributed by atoms with E-state index < -0.39 is 0 Å². The van der Waals surface area contributed by atoms with E-state index in [2.05, 4.69) is 25.7 Å². The summed E-state index contributed by atoms with van der Waals surface area (Å²) in [4.78, 5) is 0. The monoisotopic (exact) mass is 292 g/mol. The lowest BCUT2D eigenvalue weighted by Crippen LogP contribution is -2.04. The molecule has 1 atom stereocenters. The van der Waals surface area contributed by atoms with Gasteiger partial charge in [-0.1, -0.05) is 11.8 Å². The molecule has 0 saturated carbocycles. The second kappa shape index (κ2) is 5.45. The molecule has 0 bridgehead atoms. The van der Waals surface area contributed by atoms with Crippen molar-refractivity contribution >= 4 is 11.8 Å². The summed E-state index contributed by atoms with van der Waals surface area (Å²) in [5.41, 5.74) is 0. The van der Waals surface area contributed by atoms with E-state index in [4.69, 9.17) is 8.83 Å². The molecule has 3 heterocycles. The Kier molecular flexibility index (Phi) is 3.50. The molecule has 0 aliphatic carbocycles. The van der Waals surface area contributed by atoms with Crippen molar-refractivity contribution in [1.82, 2.24) is 30.4 Å². The van der Waals surface area contributed by atoms with E-state index in [9.17, 15) is 0 Å². The van der Waals surface area contributed by atoms with Gasteiger partial charge in [0.25, 0.3) is 0 Å². The van der Waals surface area contributed by atoms with Gasteiger partial charge in [-0.3, -0.25) is 0 Å². The second-order valence-corrected chi connectivity index (χ2v) is 5.43. The topological polar surface area (TPSA) is 95.7 Å². The Morgan fingerprint density at radius 3 is 2.95 bits per heavy atom. The Hall–Kier alpha value is -2.16. The van der Waals surface area contributed by atoms with Crippen LogP contribution in [0.5, 0.6) is 0 Å². The number of furan rings is 1. The Labute approximate surface area is 118 Å². The molecule has 0 spiro atoms. The molecule has 104 valence electrons. The maximum atomic E-state index is 5.40. The highest BCUT2D eigenvalue weighted by Gasteiger charge is 2.18. The second-order valence-electron chi connectivity index (χ2n) is 4.12. The van der Waals surface area contributed by atoms with E-state index in [0.29, 0.717) is 23.5 Å². The minimum Gasteiger partial charge on any atom is -0.467 e. The van der Waals surface area contributed by atoms with E-state index in [-0.39, 0.29) is 5.25 Å². The number of nitrogens with zero attached hydrogens (tertiary/aromatic N) is 6. The fourth-order valence-corrected chi connectivity index (χ4v) is 2.43. The molecule has 0 N–H and O–H groups in total. The summed E-state index contributed by atoms with van der Waals surface area (Å²) in [5, 5.41) is 20.1. The highest BCUT2D eigenvalue weighted by atomic mass is 32.2. The van der Waals surface area contributed by atoms with Gasteiger partial charge < -0.3 is 8.83 Å². The average Bonchev–Trinajstić information content (AvgIpc) is 3.13. The quantitative estimate of drug-likeness (QED) is 0.657. The summed E-state index contributed by atoms with van der Waals surface area (Å²) in [6, 6.07) is 3.71. The fourth-order valence-electron chi connectivity index (χ4n) is 1.61. The maximum absolute atomic E-state index is 5.40. The molecule has 0 aliphatic heterocycles. The number of thioether (sulfide) groups is 1. The van der Waals surface area contributed by atoms with Gasteiger partial charge in [-0.05, 0) is 29.5 Å². The summed E-state index contributed by atoms with van der Waals surface area (Å²) in [6.45, 7) is 4.20. The lowest BCUT2D eigenvalue weighted by molar-refractivity contribution is 0.460. The molecule has 20 heavy (non-hydrogen) atoms. The number of tetrazole rings is 1. The molecule has 0 aromatic carbocycles. The van der Waals surface area contributed by atoms with E-state index in [1.165, 1.54) is 11.8 Å². The molecule has 0 radical (unpaired) electrons. The van der Waals surface area contributed by atoms with Crippen molar-refractivity contribution in [2.45, 2.75) is 30.8 Å². The molecule has 8 nitrogen and oxygen atoms in total. The van der Waals surface area contributed by atoms with Gasteiger partial charge in [0.05, 0.1) is 11.5 Å². The van der Waals surface area contributed by atoms with Crippen molar-refractivity contribution in [1.29, 1.82) is 0 Å². The van der Waals surface area contributed by atoms with E-state index >= 15 is 0 Å². The first-order chi connectivity index (χ1) is 9.72. The summed E-state index contributed by atoms with van der Waals surface area (Å²) in [7, 11) is 0. The third-order valence-corrected chi connectivity index (χ3v) is 3.61. The van der Waals surface area contributed by atoms with Crippen LogP contribution in [0, 0.1) is 6.92 Å². The van der Waals surface area contributed by atoms with Gasteiger partial charge in [-0.15, -0.1) is 15.3 Å². The van der Waals surface area contributed by atoms with Crippen LogP contribution < -0.4 is 0 Å². The predicted octanol–water partition coefficient (Wildman–Crippen LogP) is 1.86. The van der Waals surface area contributed by atoms with Gasteiger partial charge in [0.1, 0.15) is 12.3 Å². The molecule has 0 aliphatic rings. The fraction of sp³-hybridized carbons (Fsp3) is 0.364. The first kappa shape index (κ1) is 12.9. The zero-order valence-corrected chi connectivity index (χ0v) is 11.7. The number of aromatic nitrogens is 6. The van der Waals surface area contributed by atoms with Crippen LogP contribution in [-0.4, -0.2) is 30.4 Å². The Balaban J connectivity index is 1.73. The van der Waals surface area contributed by atoms with Crippen LogP contribution in [0.3, 0.4) is 0 Å². The van der Waals surface area contributed by atoms with Crippen molar-refractivity contribution in [2.75, 3.05) is 0 Å². The van der Waals surface area contributed by atoms with Crippen LogP contribution in [-0.2, 0) is 6.54 Å². The minimum atomic E-state index is -0.0300. The summed E-state index contributed by atoms with van der Waals surface area (Å²) >= 11 is 1.45. The van der Waals surface area contributed by atoms with Gasteiger partial charge in [0.2, 0.25) is 16.9 Å². The summed E-state index contributed by atoms with van der Waals surface area (Å²) in [6.07, 6.45) is 1.62. The summed E-state index contributed by atoms with van der Waals surface area (Å²) < 4.78 is 12.4. The molecular formula is C11H12N6O2S. The normalized spacial score (nSPS) is 12.7. The van der Waals surface area contributed by atoms with Crippen LogP contribution in [0.2, 0.25) is 0 Å². The smallest absolute Gasteiger partial charge is 0.229 e. The lowest BCUT2D eigenvalue weighted by Gasteiger charge is -2.06. The highest BCUT2D eigenvalue weighted by molar-refractivity contribution is 7.99. The zero-order chi connectivity index (χ0) is 13.9. The number of hydrogen-bond donors (Lipinski definition) is 0. The van der Waals surface area contributed by atoms with Crippen LogP contribution in [0.4, 0.5) is 0 Å². The van der Waals surface area contributed by atoms with E-state index in [1.807, 2.05) is 19.1 Å². The van der Waals surface area contributed by atoms with Gasteiger partial charge >= 0.3 is 0 Å². The third kappa shape index (κ3) is 2.72. The standard InChI is InChI=1S/C11H12N6O2S/c1-7(10-13-12-8(2)19-10)20-11-14-15-16-17(11)6-9-4-3-5-18-9/h3-5,7H,6H2,1-2H3. The first-order valence-electron chi connectivity index (χ1n) is 5.97. The van der Waals surface area contributed by atoms with Crippen LogP contribution in [0.1, 0.15) is 29.7 Å². The molecule has 0 fully saturated rings. The largest absolute Gasteiger partial charge is 0.467 e. The zero-order valence-electron chi connectivity index (χ0n) is 10.9. The molecule has 9 heteroatoms. The van der Waals surface area contributed by atoms with Crippen molar-refractivity contribution < 1.29 is 8.83 Å². The van der Waals surface area contributed by atoms with E-state index in [0.717, 1.165) is 5.76 Å². The lowest BCUT2D eigenvalue weighted by atomic mass is 10.4. The van der Waals surface area contributed by atoms with E-state index in [1.54, 1.807) is 17.9 Å². The van der Waals surface area contributed by atoms with Gasteiger partial charge in [-0.2, -0.15) is 0 Å². The highest BCUT2D eigenvalue weighted by Crippen LogP contribution is 2.32. The SMILES string of the molecule is Cc1nnc(C(C)Sc2nnnn2Cc2ccco2)o1. The molecule has 3 aromatic heterocycles. The average molecular weight is 292 g/mol. The van der Waals surface area contributed by atoms with Crippen molar-refractivity contribution in [3.63, 3.8) is 0 Å². The number of hydrogen-bond acceptors (Lipinski definition) is 8. The Morgan fingerprint density at radius 1 is 1.35 bits per heavy atom. The Morgan fingerprint density at radius 2 is 2.25 bits per heavy atom. The van der Waals surface area contributed by atoms with Gasteiger partial charge in [0.15, 0.2) is 0 Å². The molecular weight excluding hydrogens is 280 g/mol. The predicted molar refractivity (Wildman–Crippen MR) is 68.9 cm³/mol. The van der Waals surface area contributed by atoms with Gasteiger partial charge in [0, 0.05) is 6.92 Å². The molecule has 3 aromatic rings. The van der Waals surface area contributed by atoms with Crippen LogP contribution in [0.15, 0.2) is 32.4 Å². The summed E-state index contributed by atoms with van der Waals surface area (Å²) in [5.74, 6) is 1.89. The maximum Gasteiger partial charge on any atom is 0.229 e.